The number of likely N-dealkylation sites (tertiary alicyclic amines) is 1. The van der Waals surface area contributed by atoms with Crippen molar-refractivity contribution in [1.82, 2.24) is 4.90 Å². The van der Waals surface area contributed by atoms with Crippen molar-refractivity contribution in [1.29, 1.82) is 0 Å². The second-order valence-electron chi connectivity index (χ2n) is 6.18. The Kier molecular flexibility index (Phi) is 3.61. The van der Waals surface area contributed by atoms with E-state index >= 15 is 0 Å². The summed E-state index contributed by atoms with van der Waals surface area (Å²) < 4.78 is 6.03. The van der Waals surface area contributed by atoms with Crippen LogP contribution in [0, 0.1) is 0 Å². The Hall–Kier alpha value is -0.190. The average molecular weight is 268 g/mol. The first kappa shape index (κ1) is 12.8. The highest BCUT2D eigenvalue weighted by molar-refractivity contribution is 7.80. The van der Waals surface area contributed by atoms with Crippen LogP contribution in [-0.2, 0) is 4.74 Å². The molecule has 102 valence electrons. The number of hydrogen-bond acceptors (Lipinski definition) is 3. The molecule has 0 bridgehead atoms. The Morgan fingerprint density at radius 1 is 1.22 bits per heavy atom. The van der Waals surface area contributed by atoms with Crippen LogP contribution in [0.2, 0.25) is 0 Å². The van der Waals surface area contributed by atoms with E-state index in [1.54, 1.807) is 0 Å². The van der Waals surface area contributed by atoms with Gasteiger partial charge in [0.25, 0.3) is 0 Å². The van der Waals surface area contributed by atoms with E-state index in [0.717, 1.165) is 19.4 Å². The highest BCUT2D eigenvalue weighted by atomic mass is 32.1. The minimum absolute atomic E-state index is 0.223. The lowest BCUT2D eigenvalue weighted by Crippen LogP contribution is -2.57. The molecule has 2 atom stereocenters. The van der Waals surface area contributed by atoms with E-state index in [2.05, 4.69) is 4.90 Å². The summed E-state index contributed by atoms with van der Waals surface area (Å²) in [4.78, 5) is 3.29. The van der Waals surface area contributed by atoms with E-state index in [4.69, 9.17) is 22.7 Å². The standard InChI is InChI=1S/C14H24N2OS/c15-13(18)12-4-1-2-8-16(12)11-5-9-17-14(10-11)6-3-7-14/h11-12H,1-10H2,(H2,15,18). The van der Waals surface area contributed by atoms with Gasteiger partial charge in [0.05, 0.1) is 16.6 Å². The zero-order chi connectivity index (χ0) is 12.6. The minimum Gasteiger partial charge on any atom is -0.392 e. The number of ether oxygens (including phenoxy) is 1. The lowest BCUT2D eigenvalue weighted by molar-refractivity contribution is -0.151. The summed E-state index contributed by atoms with van der Waals surface area (Å²) in [6.07, 6.45) is 9.93. The first-order valence-corrected chi connectivity index (χ1v) is 7.80. The normalized spacial score (nSPS) is 36.2. The van der Waals surface area contributed by atoms with Crippen LogP contribution in [0.25, 0.3) is 0 Å². The van der Waals surface area contributed by atoms with E-state index in [9.17, 15) is 0 Å². The number of nitrogens with zero attached hydrogens (tertiary/aromatic N) is 1. The molecule has 2 saturated heterocycles. The Balaban J connectivity index is 1.69. The summed E-state index contributed by atoms with van der Waals surface area (Å²) in [5.74, 6) is 0. The molecule has 0 aromatic carbocycles. The van der Waals surface area contributed by atoms with Crippen LogP contribution in [0.15, 0.2) is 0 Å². The van der Waals surface area contributed by atoms with Crippen molar-refractivity contribution in [2.24, 2.45) is 5.73 Å². The van der Waals surface area contributed by atoms with E-state index in [1.165, 1.54) is 45.1 Å². The van der Waals surface area contributed by atoms with Crippen LogP contribution in [0.5, 0.6) is 0 Å². The van der Waals surface area contributed by atoms with Gasteiger partial charge in [0.15, 0.2) is 0 Å². The topological polar surface area (TPSA) is 38.5 Å². The van der Waals surface area contributed by atoms with E-state index in [1.807, 2.05) is 0 Å². The number of thiocarbonyl (C=S) groups is 1. The number of rotatable bonds is 2. The van der Waals surface area contributed by atoms with Crippen molar-refractivity contribution in [2.45, 2.75) is 69.1 Å². The summed E-state index contributed by atoms with van der Waals surface area (Å²) in [5.41, 5.74) is 6.16. The van der Waals surface area contributed by atoms with Gasteiger partial charge >= 0.3 is 0 Å². The molecule has 1 spiro atoms. The van der Waals surface area contributed by atoms with Crippen LogP contribution in [0.1, 0.15) is 51.4 Å². The first-order chi connectivity index (χ1) is 8.70. The lowest BCUT2D eigenvalue weighted by Gasteiger charge is -2.51. The predicted octanol–water partition coefficient (Wildman–Crippen LogP) is 2.23. The SMILES string of the molecule is NC(=S)C1CCCCN1C1CCOC2(CCC2)C1. The molecule has 4 heteroatoms. The molecule has 3 rings (SSSR count). The molecule has 2 N–H and O–H groups in total. The molecule has 2 unspecified atom stereocenters. The van der Waals surface area contributed by atoms with Gasteiger partial charge in [-0.3, -0.25) is 4.90 Å². The monoisotopic (exact) mass is 268 g/mol. The van der Waals surface area contributed by atoms with Crippen molar-refractivity contribution in [3.8, 4) is 0 Å². The average Bonchev–Trinajstić information content (AvgIpc) is 2.37. The molecule has 0 aromatic heterocycles. The van der Waals surface area contributed by atoms with Gasteiger partial charge in [0.1, 0.15) is 0 Å². The van der Waals surface area contributed by atoms with Crippen molar-refractivity contribution in [2.75, 3.05) is 13.2 Å². The van der Waals surface area contributed by atoms with Gasteiger partial charge < -0.3 is 10.5 Å². The third-order valence-electron chi connectivity index (χ3n) is 5.07. The van der Waals surface area contributed by atoms with E-state index in [-0.39, 0.29) is 5.60 Å². The maximum absolute atomic E-state index is 6.03. The van der Waals surface area contributed by atoms with Crippen LogP contribution in [0.3, 0.4) is 0 Å². The summed E-state index contributed by atoms with van der Waals surface area (Å²) in [7, 11) is 0. The van der Waals surface area contributed by atoms with Gasteiger partial charge in [-0.1, -0.05) is 18.6 Å². The zero-order valence-corrected chi connectivity index (χ0v) is 11.9. The Labute approximate surface area is 115 Å². The van der Waals surface area contributed by atoms with Gasteiger partial charge in [-0.2, -0.15) is 0 Å². The van der Waals surface area contributed by atoms with Gasteiger partial charge in [0, 0.05) is 12.6 Å². The van der Waals surface area contributed by atoms with Crippen molar-refractivity contribution >= 4 is 17.2 Å². The van der Waals surface area contributed by atoms with Crippen molar-refractivity contribution in [3.05, 3.63) is 0 Å². The highest BCUT2D eigenvalue weighted by Gasteiger charge is 2.45. The maximum Gasteiger partial charge on any atom is 0.0902 e. The number of hydrogen-bond donors (Lipinski definition) is 1. The fourth-order valence-electron chi connectivity index (χ4n) is 3.90. The second kappa shape index (κ2) is 5.06. The number of piperidine rings is 1. The molecule has 0 amide bonds. The third-order valence-corrected chi connectivity index (χ3v) is 5.35. The number of nitrogens with two attached hydrogens (primary N) is 1. The van der Waals surface area contributed by atoms with Crippen LogP contribution in [0.4, 0.5) is 0 Å². The third kappa shape index (κ3) is 2.30. The fraction of sp³-hybridized carbons (Fsp3) is 0.929. The van der Waals surface area contributed by atoms with Gasteiger partial charge in [-0.15, -0.1) is 0 Å². The zero-order valence-electron chi connectivity index (χ0n) is 11.1. The van der Waals surface area contributed by atoms with Gasteiger partial charge in [0.2, 0.25) is 0 Å². The van der Waals surface area contributed by atoms with Crippen molar-refractivity contribution < 1.29 is 4.74 Å². The molecule has 18 heavy (non-hydrogen) atoms. The molecule has 3 fully saturated rings. The lowest BCUT2D eigenvalue weighted by atomic mass is 9.73. The van der Waals surface area contributed by atoms with Crippen LogP contribution >= 0.6 is 12.2 Å². The Bertz CT molecular complexity index is 330. The van der Waals surface area contributed by atoms with E-state index in [0.29, 0.717) is 17.1 Å². The molecular formula is C14H24N2OS. The minimum atomic E-state index is 0.223. The summed E-state index contributed by atoms with van der Waals surface area (Å²) in [6, 6.07) is 0.986. The molecule has 0 radical (unpaired) electrons. The molecule has 1 aliphatic carbocycles. The summed E-state index contributed by atoms with van der Waals surface area (Å²) in [5, 5.41) is 0. The molecule has 1 saturated carbocycles. The second-order valence-corrected chi connectivity index (χ2v) is 6.65. The maximum atomic E-state index is 6.03. The van der Waals surface area contributed by atoms with Crippen LogP contribution < -0.4 is 5.73 Å². The molecule has 3 aliphatic rings. The highest BCUT2D eigenvalue weighted by Crippen LogP contribution is 2.44. The summed E-state index contributed by atoms with van der Waals surface area (Å²) in [6.45, 7) is 2.09. The Morgan fingerprint density at radius 3 is 2.72 bits per heavy atom. The van der Waals surface area contributed by atoms with E-state index < -0.39 is 0 Å². The summed E-state index contributed by atoms with van der Waals surface area (Å²) >= 11 is 5.27. The molecule has 0 aromatic rings. The van der Waals surface area contributed by atoms with Gasteiger partial charge in [-0.25, -0.2) is 0 Å². The fourth-order valence-corrected chi connectivity index (χ4v) is 4.15. The molecule has 3 nitrogen and oxygen atoms in total. The van der Waals surface area contributed by atoms with Crippen LogP contribution in [-0.4, -0.2) is 40.7 Å². The molecule has 2 heterocycles. The first-order valence-electron chi connectivity index (χ1n) is 7.39. The molecular weight excluding hydrogens is 244 g/mol. The van der Waals surface area contributed by atoms with Crippen molar-refractivity contribution in [3.63, 3.8) is 0 Å². The Morgan fingerprint density at radius 2 is 2.06 bits per heavy atom. The largest absolute Gasteiger partial charge is 0.392 e. The predicted molar refractivity (Wildman–Crippen MR) is 76.7 cm³/mol. The smallest absolute Gasteiger partial charge is 0.0902 e. The van der Waals surface area contributed by atoms with Gasteiger partial charge in [-0.05, 0) is 51.5 Å². The molecule has 2 aliphatic heterocycles. The quantitative estimate of drug-likeness (QED) is 0.780.